The fourth-order valence-electron chi connectivity index (χ4n) is 6.85. The van der Waals surface area contributed by atoms with E-state index in [1.165, 1.54) is 38.7 Å². The van der Waals surface area contributed by atoms with E-state index in [2.05, 4.69) is 136 Å². The Morgan fingerprint density at radius 1 is 0.615 bits per heavy atom. The van der Waals surface area contributed by atoms with Crippen molar-refractivity contribution < 1.29 is 8.98 Å². The molecule has 6 aromatic rings. The lowest BCUT2D eigenvalue weighted by molar-refractivity contribution is -0.660. The molecule has 1 aliphatic rings. The van der Waals surface area contributed by atoms with Crippen LogP contribution in [0.25, 0.3) is 44.3 Å². The number of rotatable bonds is 2. The van der Waals surface area contributed by atoms with E-state index in [0.717, 1.165) is 11.2 Å². The predicted molar refractivity (Wildman–Crippen MR) is 170 cm³/mol. The van der Waals surface area contributed by atoms with Crippen molar-refractivity contribution in [2.75, 3.05) is 0 Å². The van der Waals surface area contributed by atoms with E-state index in [0.29, 0.717) is 0 Å². The maximum atomic E-state index is 6.47. The number of nitrogens with zero attached hydrogens (tertiary/aromatic N) is 1. The lowest BCUT2D eigenvalue weighted by Gasteiger charge is -2.42. The number of hydrogen-bond acceptors (Lipinski definition) is 1. The van der Waals surface area contributed by atoms with Gasteiger partial charge in [0.15, 0.2) is 6.20 Å². The molecular weight excluding hydrogens is 507 g/mol. The van der Waals surface area contributed by atoms with Crippen LogP contribution in [-0.2, 0) is 7.05 Å². The second-order valence-corrected chi connectivity index (χ2v) is 20.9. The van der Waals surface area contributed by atoms with Gasteiger partial charge in [-0.2, -0.15) is 0 Å². The van der Waals surface area contributed by atoms with Gasteiger partial charge in [-0.15, -0.1) is 0 Å². The van der Waals surface area contributed by atoms with Gasteiger partial charge in [-0.3, -0.25) is 0 Å². The molecule has 4 heteroatoms. The van der Waals surface area contributed by atoms with Gasteiger partial charge in [0.1, 0.15) is 34.4 Å². The Hall–Kier alpha value is -3.74. The van der Waals surface area contributed by atoms with Crippen molar-refractivity contribution in [3.8, 4) is 22.4 Å². The summed E-state index contributed by atoms with van der Waals surface area (Å²) in [6.07, 6.45) is 2.20. The van der Waals surface area contributed by atoms with Crippen LogP contribution in [0.3, 0.4) is 0 Å². The lowest BCUT2D eigenvalue weighted by atomic mass is 9.98. The zero-order valence-electron chi connectivity index (χ0n) is 23.6. The molecule has 0 N–H and O–H groups in total. The maximum Gasteiger partial charge on any atom is 0.216 e. The molecule has 0 fully saturated rings. The van der Waals surface area contributed by atoms with Crippen LogP contribution in [0.1, 0.15) is 5.56 Å². The van der Waals surface area contributed by atoms with Crippen LogP contribution in [0.15, 0.2) is 102 Å². The third-order valence-corrected chi connectivity index (χ3v) is 16.7. The van der Waals surface area contributed by atoms with Crippen molar-refractivity contribution in [3.05, 3.63) is 103 Å². The predicted octanol–water partition coefficient (Wildman–Crippen LogP) is 6.01. The molecule has 0 radical (unpaired) electrons. The molecule has 7 rings (SSSR count). The highest BCUT2D eigenvalue weighted by molar-refractivity contribution is 7.16. The van der Waals surface area contributed by atoms with E-state index in [9.17, 15) is 0 Å². The van der Waals surface area contributed by atoms with Gasteiger partial charge in [-0.25, -0.2) is 4.57 Å². The first-order chi connectivity index (χ1) is 18.7. The Labute approximate surface area is 232 Å². The van der Waals surface area contributed by atoms with E-state index >= 15 is 0 Å². The number of furan rings is 1. The topological polar surface area (TPSA) is 17.0 Å². The van der Waals surface area contributed by atoms with Crippen LogP contribution in [0.5, 0.6) is 0 Å². The molecule has 2 aromatic heterocycles. The summed E-state index contributed by atoms with van der Waals surface area (Å²) in [6, 6.07) is 34.0. The normalized spacial score (nSPS) is 15.3. The minimum Gasteiger partial charge on any atom is -0.455 e. The molecule has 0 atom stereocenters. The summed E-state index contributed by atoms with van der Waals surface area (Å²) >= 11 is 0. The van der Waals surface area contributed by atoms with E-state index < -0.39 is 16.1 Å². The molecule has 0 saturated carbocycles. The maximum absolute atomic E-state index is 6.47. The summed E-state index contributed by atoms with van der Waals surface area (Å²) in [6.45, 7) is 12.3. The van der Waals surface area contributed by atoms with Crippen molar-refractivity contribution in [1.82, 2.24) is 0 Å². The smallest absolute Gasteiger partial charge is 0.216 e. The van der Waals surface area contributed by atoms with Crippen LogP contribution in [0, 0.1) is 6.92 Å². The molecule has 0 aliphatic carbocycles. The molecule has 1 aliphatic heterocycles. The molecule has 0 spiro atoms. The van der Waals surface area contributed by atoms with E-state index in [-0.39, 0.29) is 0 Å². The SMILES string of the molecule is Cc1ccc2c(oc3ccccc32)c1-c1cc(-c2ccc3c(c2)[Si](C)(C)c2ccccc2[Si]3(C)C)cc[n+]1C. The molecule has 2 nitrogen and oxygen atoms in total. The first-order valence-electron chi connectivity index (χ1n) is 13.8. The number of benzene rings is 4. The van der Waals surface area contributed by atoms with Gasteiger partial charge in [-0.1, -0.05) is 120 Å². The molecule has 0 saturated heterocycles. The third-order valence-electron chi connectivity index (χ3n) is 9.13. The number of pyridine rings is 1. The van der Waals surface area contributed by atoms with Gasteiger partial charge < -0.3 is 4.42 Å². The Bertz CT molecular complexity index is 1950. The average Bonchev–Trinajstić information content (AvgIpc) is 3.31. The van der Waals surface area contributed by atoms with Crippen LogP contribution in [0.4, 0.5) is 0 Å². The van der Waals surface area contributed by atoms with Gasteiger partial charge in [0, 0.05) is 22.9 Å². The second kappa shape index (κ2) is 8.38. The van der Waals surface area contributed by atoms with Crippen molar-refractivity contribution in [1.29, 1.82) is 0 Å². The quantitative estimate of drug-likeness (QED) is 0.194. The Morgan fingerprint density at radius 2 is 1.26 bits per heavy atom. The molecule has 3 heterocycles. The summed E-state index contributed by atoms with van der Waals surface area (Å²) in [7, 11) is -1.44. The van der Waals surface area contributed by atoms with Crippen LogP contribution >= 0.6 is 0 Å². The highest BCUT2D eigenvalue weighted by Crippen LogP contribution is 2.37. The first-order valence-corrected chi connectivity index (χ1v) is 19.8. The summed E-state index contributed by atoms with van der Waals surface area (Å²) in [5, 5.41) is 8.82. The number of hydrogen-bond donors (Lipinski definition) is 0. The van der Waals surface area contributed by atoms with Gasteiger partial charge in [0.2, 0.25) is 5.69 Å². The zero-order valence-corrected chi connectivity index (χ0v) is 25.6. The Morgan fingerprint density at radius 3 is 2.03 bits per heavy atom. The Kier molecular flexibility index (Phi) is 5.22. The van der Waals surface area contributed by atoms with Gasteiger partial charge in [0.05, 0.1) is 5.56 Å². The van der Waals surface area contributed by atoms with Crippen molar-refractivity contribution >= 4 is 58.8 Å². The fourth-order valence-corrected chi connectivity index (χ4v) is 16.2. The molecule has 192 valence electrons. The largest absolute Gasteiger partial charge is 0.455 e. The fraction of sp³-hybridized carbons (Fsp3) is 0.171. The van der Waals surface area contributed by atoms with Crippen molar-refractivity contribution in [2.24, 2.45) is 7.05 Å². The number of aromatic nitrogens is 1. The van der Waals surface area contributed by atoms with Crippen LogP contribution < -0.4 is 25.3 Å². The summed E-state index contributed by atoms with van der Waals surface area (Å²) < 4.78 is 8.70. The summed E-state index contributed by atoms with van der Waals surface area (Å²) in [5.74, 6) is 0. The zero-order chi connectivity index (χ0) is 27.1. The average molecular weight is 541 g/mol. The highest BCUT2D eigenvalue weighted by Gasteiger charge is 2.43. The summed E-state index contributed by atoms with van der Waals surface area (Å²) in [4.78, 5) is 0. The minimum atomic E-state index is -1.82. The molecule has 4 aromatic carbocycles. The molecule has 0 bridgehead atoms. The van der Waals surface area contributed by atoms with E-state index in [4.69, 9.17) is 4.42 Å². The van der Waals surface area contributed by atoms with Crippen LogP contribution in [-0.4, -0.2) is 16.1 Å². The second-order valence-electron chi connectivity index (χ2n) is 12.2. The van der Waals surface area contributed by atoms with Gasteiger partial charge in [-0.05, 0) is 29.7 Å². The Balaban J connectivity index is 1.42. The van der Waals surface area contributed by atoms with Crippen molar-refractivity contribution in [3.63, 3.8) is 0 Å². The van der Waals surface area contributed by atoms with E-state index in [1.807, 2.05) is 6.07 Å². The first kappa shape index (κ1) is 24.3. The number of para-hydroxylation sites is 1. The van der Waals surface area contributed by atoms with E-state index in [1.54, 1.807) is 20.7 Å². The molecular formula is C35H34NOSi2+. The number of fused-ring (bicyclic) bond motifs is 5. The molecule has 0 unspecified atom stereocenters. The number of aryl methyl sites for hydroxylation is 2. The van der Waals surface area contributed by atoms with Gasteiger partial charge in [0.25, 0.3) is 0 Å². The lowest BCUT2D eigenvalue weighted by Crippen LogP contribution is -2.77. The monoisotopic (exact) mass is 540 g/mol. The third kappa shape index (κ3) is 3.48. The summed E-state index contributed by atoms with van der Waals surface area (Å²) in [5.41, 5.74) is 8.01. The van der Waals surface area contributed by atoms with Crippen molar-refractivity contribution in [2.45, 2.75) is 33.1 Å². The standard InChI is InChI=1S/C35H34NOSi2/c1-23-15-17-27-26-11-7-8-12-29(26)37-35(27)34(23)28-21-25(19-20-36(28)2)24-16-18-32-33(22-24)39(5,6)31-14-10-9-13-30(31)38(32,3)4/h7-22H,1-6H3/q+1. The van der Waals surface area contributed by atoms with Crippen LogP contribution in [0.2, 0.25) is 26.2 Å². The highest BCUT2D eigenvalue weighted by atomic mass is 28.3. The van der Waals surface area contributed by atoms with Gasteiger partial charge >= 0.3 is 0 Å². The molecule has 39 heavy (non-hydrogen) atoms. The minimum absolute atomic E-state index is 0.937. The molecule has 0 amide bonds.